The van der Waals surface area contributed by atoms with E-state index in [9.17, 15) is 9.59 Å². The fourth-order valence-corrected chi connectivity index (χ4v) is 2.12. The Morgan fingerprint density at radius 3 is 2.53 bits per heavy atom. The summed E-state index contributed by atoms with van der Waals surface area (Å²) in [5, 5.41) is 5.91. The normalized spacial score (nSPS) is 22.9. The average molecular weight is 237 g/mol. The monoisotopic (exact) mass is 237 g/mol. The number of carbonyl (C=O) groups excluding carboxylic acids is 2. The van der Waals surface area contributed by atoms with E-state index in [2.05, 4.69) is 10.6 Å². The summed E-state index contributed by atoms with van der Waals surface area (Å²) < 4.78 is 0. The van der Waals surface area contributed by atoms with Crippen molar-refractivity contribution < 1.29 is 9.59 Å². The predicted molar refractivity (Wildman–Crippen MR) is 64.4 cm³/mol. The third-order valence-electron chi connectivity index (χ3n) is 3.62. The molecule has 2 saturated heterocycles. The lowest BCUT2D eigenvalue weighted by Gasteiger charge is -2.41. The fraction of sp³-hybridized carbons (Fsp3) is 0.667. The summed E-state index contributed by atoms with van der Waals surface area (Å²) in [6.07, 6.45) is 0. The maximum atomic E-state index is 12.4. The first kappa shape index (κ1) is 12.1. The Hall–Kier alpha value is -1.36. The molecule has 2 fully saturated rings. The Kier molecular flexibility index (Phi) is 2.95. The van der Waals surface area contributed by atoms with Gasteiger partial charge in [0.15, 0.2) is 0 Å². The van der Waals surface area contributed by atoms with Crippen molar-refractivity contribution in [3.05, 3.63) is 11.1 Å². The molecule has 0 bridgehead atoms. The van der Waals surface area contributed by atoms with Gasteiger partial charge in [-0.3, -0.25) is 9.59 Å². The Balaban J connectivity index is 2.21. The van der Waals surface area contributed by atoms with Gasteiger partial charge in [-0.25, -0.2) is 0 Å². The highest BCUT2D eigenvalue weighted by molar-refractivity contribution is 5.99. The molecule has 0 saturated carbocycles. The molecule has 94 valence electrons. The van der Waals surface area contributed by atoms with Gasteiger partial charge in [0.2, 0.25) is 11.8 Å². The van der Waals surface area contributed by atoms with Crippen LogP contribution in [0.2, 0.25) is 0 Å². The SMILES string of the molecule is CC(C(=O)N1CCNC(=O)C1(C)C)=C1CNC1. The van der Waals surface area contributed by atoms with E-state index in [0.717, 1.165) is 24.2 Å². The zero-order valence-electron chi connectivity index (χ0n) is 10.6. The molecule has 5 nitrogen and oxygen atoms in total. The lowest BCUT2D eigenvalue weighted by molar-refractivity contribution is -0.146. The van der Waals surface area contributed by atoms with Crippen LogP contribution in [0.5, 0.6) is 0 Å². The second-order valence-corrected chi connectivity index (χ2v) is 5.10. The number of nitrogens with zero attached hydrogens (tertiary/aromatic N) is 1. The largest absolute Gasteiger partial charge is 0.352 e. The van der Waals surface area contributed by atoms with Crippen molar-refractivity contribution in [2.75, 3.05) is 26.2 Å². The van der Waals surface area contributed by atoms with Crippen LogP contribution in [0.15, 0.2) is 11.1 Å². The van der Waals surface area contributed by atoms with Crippen LogP contribution in [0, 0.1) is 0 Å². The van der Waals surface area contributed by atoms with Gasteiger partial charge in [-0.2, -0.15) is 0 Å². The highest BCUT2D eigenvalue weighted by atomic mass is 16.2. The molecule has 2 rings (SSSR count). The topological polar surface area (TPSA) is 61.4 Å². The van der Waals surface area contributed by atoms with Gasteiger partial charge in [0.25, 0.3) is 0 Å². The van der Waals surface area contributed by atoms with E-state index in [1.54, 1.807) is 18.7 Å². The summed E-state index contributed by atoms with van der Waals surface area (Å²) in [6.45, 7) is 8.12. The summed E-state index contributed by atoms with van der Waals surface area (Å²) in [5.41, 5.74) is 1.18. The van der Waals surface area contributed by atoms with Crippen LogP contribution in [0.3, 0.4) is 0 Å². The zero-order valence-corrected chi connectivity index (χ0v) is 10.6. The Morgan fingerprint density at radius 1 is 1.35 bits per heavy atom. The highest BCUT2D eigenvalue weighted by Crippen LogP contribution is 2.22. The second-order valence-electron chi connectivity index (χ2n) is 5.10. The van der Waals surface area contributed by atoms with Crippen LogP contribution in [0.4, 0.5) is 0 Å². The fourth-order valence-electron chi connectivity index (χ4n) is 2.12. The first-order chi connectivity index (χ1) is 7.94. The number of nitrogens with one attached hydrogen (secondary N) is 2. The van der Waals surface area contributed by atoms with E-state index in [0.29, 0.717) is 13.1 Å². The molecule has 0 atom stereocenters. The first-order valence-corrected chi connectivity index (χ1v) is 5.94. The standard InChI is InChI=1S/C12H19N3O2/c1-8(9-6-13-7-9)10(16)15-5-4-14-11(17)12(15,2)3/h13H,4-7H2,1-3H3,(H,14,17). The molecule has 0 radical (unpaired) electrons. The van der Waals surface area contributed by atoms with Crippen LogP contribution in [-0.4, -0.2) is 48.4 Å². The molecule has 5 heteroatoms. The minimum Gasteiger partial charge on any atom is -0.352 e. The van der Waals surface area contributed by atoms with Crippen molar-refractivity contribution >= 4 is 11.8 Å². The molecule has 0 aliphatic carbocycles. The van der Waals surface area contributed by atoms with E-state index >= 15 is 0 Å². The molecule has 2 aliphatic rings. The van der Waals surface area contributed by atoms with Crippen molar-refractivity contribution in [2.45, 2.75) is 26.3 Å². The lowest BCUT2D eigenvalue weighted by Crippen LogP contribution is -2.63. The van der Waals surface area contributed by atoms with Crippen molar-refractivity contribution in [2.24, 2.45) is 0 Å². The molecule has 17 heavy (non-hydrogen) atoms. The molecule has 2 aliphatic heterocycles. The van der Waals surface area contributed by atoms with E-state index in [-0.39, 0.29) is 11.8 Å². The molecular formula is C12H19N3O2. The van der Waals surface area contributed by atoms with Gasteiger partial charge >= 0.3 is 0 Å². The highest BCUT2D eigenvalue weighted by Gasteiger charge is 2.41. The maximum Gasteiger partial charge on any atom is 0.250 e. The van der Waals surface area contributed by atoms with E-state index in [4.69, 9.17) is 0 Å². The van der Waals surface area contributed by atoms with Gasteiger partial charge in [-0.15, -0.1) is 0 Å². The van der Waals surface area contributed by atoms with Crippen molar-refractivity contribution in [3.8, 4) is 0 Å². The molecule has 0 aromatic carbocycles. The summed E-state index contributed by atoms with van der Waals surface area (Å²) >= 11 is 0. The molecule has 0 spiro atoms. The average Bonchev–Trinajstić information content (AvgIpc) is 2.18. The Bertz CT molecular complexity index is 393. The van der Waals surface area contributed by atoms with Crippen LogP contribution in [-0.2, 0) is 9.59 Å². The van der Waals surface area contributed by atoms with Gasteiger partial charge in [0, 0.05) is 31.8 Å². The van der Waals surface area contributed by atoms with E-state index < -0.39 is 5.54 Å². The first-order valence-electron chi connectivity index (χ1n) is 5.94. The maximum absolute atomic E-state index is 12.4. The Labute approximate surface area is 101 Å². The minimum atomic E-state index is -0.756. The molecule has 0 aromatic heterocycles. The van der Waals surface area contributed by atoms with Crippen molar-refractivity contribution in [1.29, 1.82) is 0 Å². The Morgan fingerprint density at radius 2 is 2.00 bits per heavy atom. The summed E-state index contributed by atoms with van der Waals surface area (Å²) in [6, 6.07) is 0. The van der Waals surface area contributed by atoms with Crippen LogP contribution < -0.4 is 10.6 Å². The van der Waals surface area contributed by atoms with Crippen molar-refractivity contribution in [3.63, 3.8) is 0 Å². The molecular weight excluding hydrogens is 218 g/mol. The van der Waals surface area contributed by atoms with Gasteiger partial charge in [-0.1, -0.05) is 0 Å². The van der Waals surface area contributed by atoms with Crippen molar-refractivity contribution in [1.82, 2.24) is 15.5 Å². The number of hydrogen-bond donors (Lipinski definition) is 2. The predicted octanol–water partition coefficient (Wildman–Crippen LogP) is -0.357. The van der Waals surface area contributed by atoms with Crippen LogP contribution in [0.25, 0.3) is 0 Å². The summed E-state index contributed by atoms with van der Waals surface area (Å²) in [4.78, 5) is 25.8. The molecule has 0 unspecified atom stereocenters. The van der Waals surface area contributed by atoms with E-state index in [1.165, 1.54) is 0 Å². The summed E-state index contributed by atoms with van der Waals surface area (Å²) in [7, 11) is 0. The number of carbonyl (C=O) groups is 2. The number of piperazine rings is 1. The zero-order chi connectivity index (χ0) is 12.6. The minimum absolute atomic E-state index is 0.0126. The number of rotatable bonds is 1. The molecule has 0 aromatic rings. The lowest BCUT2D eigenvalue weighted by atomic mass is 9.96. The number of amides is 2. The van der Waals surface area contributed by atoms with Gasteiger partial charge in [0.05, 0.1) is 0 Å². The van der Waals surface area contributed by atoms with Gasteiger partial charge in [0.1, 0.15) is 5.54 Å². The molecule has 2 amide bonds. The smallest absolute Gasteiger partial charge is 0.250 e. The van der Waals surface area contributed by atoms with E-state index in [1.807, 2.05) is 6.92 Å². The third-order valence-corrected chi connectivity index (χ3v) is 3.62. The van der Waals surface area contributed by atoms with Crippen LogP contribution >= 0.6 is 0 Å². The number of hydrogen-bond acceptors (Lipinski definition) is 3. The van der Waals surface area contributed by atoms with Crippen LogP contribution in [0.1, 0.15) is 20.8 Å². The second kappa shape index (κ2) is 4.14. The third kappa shape index (κ3) is 1.95. The summed E-state index contributed by atoms with van der Waals surface area (Å²) in [5.74, 6) is -0.0945. The van der Waals surface area contributed by atoms with Gasteiger partial charge < -0.3 is 15.5 Å². The molecule has 2 N–H and O–H groups in total. The molecule has 2 heterocycles. The quantitative estimate of drug-likeness (QED) is 0.612. The van der Waals surface area contributed by atoms with Gasteiger partial charge in [-0.05, 0) is 26.3 Å².